The quantitative estimate of drug-likeness (QED) is 0.774. The third-order valence-electron chi connectivity index (χ3n) is 2.63. The molecule has 0 saturated carbocycles. The van der Waals surface area contributed by atoms with Crippen LogP contribution in [-0.4, -0.2) is 20.2 Å². The van der Waals surface area contributed by atoms with Gasteiger partial charge in [0.15, 0.2) is 0 Å². The highest BCUT2D eigenvalue weighted by Gasteiger charge is 2.12. The zero-order valence-electron chi connectivity index (χ0n) is 10.1. The molecule has 4 heteroatoms. The molecule has 0 aliphatic carbocycles. The van der Waals surface area contributed by atoms with Gasteiger partial charge >= 0.3 is 0 Å². The molecule has 2 heterocycles. The number of aromatic nitrogens is 4. The van der Waals surface area contributed by atoms with Crippen molar-refractivity contribution in [2.75, 3.05) is 0 Å². The average Bonchev–Trinajstić information content (AvgIpc) is 2.27. The largest absolute Gasteiger partial charge is 0.231 e. The van der Waals surface area contributed by atoms with Crippen LogP contribution in [0.2, 0.25) is 0 Å². The minimum atomic E-state index is 0.393. The molecule has 0 bridgehead atoms. The summed E-state index contributed by atoms with van der Waals surface area (Å²) in [5.74, 6) is 0.809. The van der Waals surface area contributed by atoms with Gasteiger partial charge in [0.25, 0.3) is 0 Å². The molecule has 16 heavy (non-hydrogen) atoms. The van der Waals surface area contributed by atoms with Gasteiger partial charge in [0.1, 0.15) is 11.8 Å². The second-order valence-electron chi connectivity index (χ2n) is 4.58. The van der Waals surface area contributed by atoms with Gasteiger partial charge in [-0.05, 0) is 23.5 Å². The fourth-order valence-corrected chi connectivity index (χ4v) is 1.67. The highest BCUT2D eigenvalue weighted by atomic mass is 15.2. The first-order chi connectivity index (χ1) is 7.59. The van der Waals surface area contributed by atoms with E-state index in [0.717, 1.165) is 11.2 Å². The van der Waals surface area contributed by atoms with E-state index in [2.05, 4.69) is 53.9 Å². The van der Waals surface area contributed by atoms with Crippen LogP contribution in [0.5, 0.6) is 0 Å². The molecule has 2 rings (SSSR count). The molecule has 0 saturated heterocycles. The number of pyridine rings is 1. The molecule has 2 aromatic heterocycles. The molecule has 0 spiro atoms. The molecule has 0 aliphatic rings. The van der Waals surface area contributed by atoms with Crippen LogP contribution >= 0.6 is 0 Å². The highest BCUT2D eigenvalue weighted by Crippen LogP contribution is 2.24. The summed E-state index contributed by atoms with van der Waals surface area (Å²) in [6.07, 6.45) is 1.48. The molecule has 84 valence electrons. The fraction of sp³-hybridized carbons (Fsp3) is 0.500. The molecule has 0 amide bonds. The Hall–Kier alpha value is -1.58. The SMILES string of the molecule is CC(C)c1cc(C(C)C)c2ncnnc2n1. The average molecular weight is 216 g/mol. The number of fused-ring (bicyclic) bond motifs is 1. The summed E-state index contributed by atoms with van der Waals surface area (Å²) in [4.78, 5) is 8.75. The van der Waals surface area contributed by atoms with Crippen LogP contribution in [0.3, 0.4) is 0 Å². The molecule has 4 nitrogen and oxygen atoms in total. The maximum absolute atomic E-state index is 4.48. The summed E-state index contributed by atoms with van der Waals surface area (Å²) < 4.78 is 0. The molecule has 0 atom stereocenters. The fourth-order valence-electron chi connectivity index (χ4n) is 1.67. The Morgan fingerprint density at radius 1 is 1.06 bits per heavy atom. The lowest BCUT2D eigenvalue weighted by atomic mass is 9.99. The summed E-state index contributed by atoms with van der Waals surface area (Å²) in [6, 6.07) is 2.13. The van der Waals surface area contributed by atoms with E-state index >= 15 is 0 Å². The standard InChI is InChI=1S/C12H16N4/c1-7(2)9-5-10(8(3)4)15-12-11(9)13-6-14-16-12/h5-8H,1-4H3. The predicted molar refractivity (Wildman–Crippen MR) is 63.3 cm³/mol. The van der Waals surface area contributed by atoms with E-state index in [1.54, 1.807) is 0 Å². The highest BCUT2D eigenvalue weighted by molar-refractivity contribution is 5.74. The van der Waals surface area contributed by atoms with Crippen molar-refractivity contribution in [3.05, 3.63) is 23.7 Å². The predicted octanol–water partition coefficient (Wildman–Crippen LogP) is 2.67. The van der Waals surface area contributed by atoms with E-state index in [4.69, 9.17) is 0 Å². The normalized spacial score (nSPS) is 11.6. The van der Waals surface area contributed by atoms with E-state index in [9.17, 15) is 0 Å². The molecule has 0 N–H and O–H groups in total. The minimum absolute atomic E-state index is 0.393. The van der Waals surface area contributed by atoms with E-state index in [1.807, 2.05) is 0 Å². The van der Waals surface area contributed by atoms with Gasteiger partial charge < -0.3 is 0 Å². The van der Waals surface area contributed by atoms with Gasteiger partial charge in [-0.3, -0.25) is 0 Å². The summed E-state index contributed by atoms with van der Waals surface area (Å²) in [5.41, 5.74) is 3.77. The first-order valence-electron chi connectivity index (χ1n) is 5.57. The molecule has 0 aliphatic heterocycles. The molecular weight excluding hydrogens is 200 g/mol. The Morgan fingerprint density at radius 3 is 2.44 bits per heavy atom. The van der Waals surface area contributed by atoms with Crippen LogP contribution in [0.25, 0.3) is 11.2 Å². The Balaban J connectivity index is 2.74. The van der Waals surface area contributed by atoms with Crippen molar-refractivity contribution in [1.29, 1.82) is 0 Å². The van der Waals surface area contributed by atoms with Crippen molar-refractivity contribution in [3.8, 4) is 0 Å². The topological polar surface area (TPSA) is 51.6 Å². The summed E-state index contributed by atoms with van der Waals surface area (Å²) >= 11 is 0. The van der Waals surface area contributed by atoms with Crippen LogP contribution in [0, 0.1) is 0 Å². The van der Waals surface area contributed by atoms with E-state index in [0.29, 0.717) is 17.5 Å². The minimum Gasteiger partial charge on any atom is -0.231 e. The number of hydrogen-bond acceptors (Lipinski definition) is 4. The molecule has 0 aromatic carbocycles. The Morgan fingerprint density at radius 2 is 1.81 bits per heavy atom. The van der Waals surface area contributed by atoms with Gasteiger partial charge in [-0.15, -0.1) is 10.2 Å². The number of hydrogen-bond donors (Lipinski definition) is 0. The lowest BCUT2D eigenvalue weighted by Crippen LogP contribution is -2.02. The van der Waals surface area contributed by atoms with Gasteiger partial charge in [-0.1, -0.05) is 27.7 Å². The Kier molecular flexibility index (Phi) is 2.81. The lowest BCUT2D eigenvalue weighted by molar-refractivity contribution is 0.802. The van der Waals surface area contributed by atoms with E-state index in [1.165, 1.54) is 11.9 Å². The third kappa shape index (κ3) is 1.87. The van der Waals surface area contributed by atoms with E-state index < -0.39 is 0 Å². The van der Waals surface area contributed by atoms with Gasteiger partial charge in [-0.25, -0.2) is 9.97 Å². The zero-order chi connectivity index (χ0) is 11.7. The Bertz CT molecular complexity index is 505. The van der Waals surface area contributed by atoms with Crippen molar-refractivity contribution >= 4 is 11.2 Å². The van der Waals surface area contributed by atoms with Crippen LogP contribution in [-0.2, 0) is 0 Å². The van der Waals surface area contributed by atoms with Crippen LogP contribution in [0.15, 0.2) is 12.4 Å². The van der Waals surface area contributed by atoms with Crippen LogP contribution in [0.4, 0.5) is 0 Å². The van der Waals surface area contributed by atoms with Crippen molar-refractivity contribution in [3.63, 3.8) is 0 Å². The zero-order valence-corrected chi connectivity index (χ0v) is 10.1. The van der Waals surface area contributed by atoms with Crippen LogP contribution in [0.1, 0.15) is 50.8 Å². The molecule has 0 radical (unpaired) electrons. The first kappa shape index (κ1) is 10.9. The van der Waals surface area contributed by atoms with Crippen molar-refractivity contribution in [1.82, 2.24) is 20.2 Å². The summed E-state index contributed by atoms with van der Waals surface area (Å²) in [6.45, 7) is 8.56. The maximum atomic E-state index is 4.48. The van der Waals surface area contributed by atoms with Gasteiger partial charge in [0.05, 0.1) is 0 Å². The number of nitrogens with zero attached hydrogens (tertiary/aromatic N) is 4. The first-order valence-corrected chi connectivity index (χ1v) is 5.57. The molecule has 0 fully saturated rings. The molecule has 0 unspecified atom stereocenters. The van der Waals surface area contributed by atoms with Gasteiger partial charge in [0, 0.05) is 5.69 Å². The van der Waals surface area contributed by atoms with Gasteiger partial charge in [-0.2, -0.15) is 0 Å². The second kappa shape index (κ2) is 4.12. The monoisotopic (exact) mass is 216 g/mol. The second-order valence-corrected chi connectivity index (χ2v) is 4.58. The van der Waals surface area contributed by atoms with Crippen LogP contribution < -0.4 is 0 Å². The van der Waals surface area contributed by atoms with Crippen molar-refractivity contribution in [2.24, 2.45) is 0 Å². The summed E-state index contributed by atoms with van der Waals surface area (Å²) in [5, 5.41) is 7.83. The number of rotatable bonds is 2. The van der Waals surface area contributed by atoms with E-state index in [-0.39, 0.29) is 0 Å². The Labute approximate surface area is 95.1 Å². The van der Waals surface area contributed by atoms with Crippen molar-refractivity contribution in [2.45, 2.75) is 39.5 Å². The smallest absolute Gasteiger partial charge is 0.201 e. The lowest BCUT2D eigenvalue weighted by Gasteiger charge is -2.12. The van der Waals surface area contributed by atoms with Gasteiger partial charge in [0.2, 0.25) is 5.65 Å². The van der Waals surface area contributed by atoms with Crippen molar-refractivity contribution < 1.29 is 0 Å². The maximum Gasteiger partial charge on any atom is 0.201 e. The molecule has 2 aromatic rings. The summed E-state index contributed by atoms with van der Waals surface area (Å²) in [7, 11) is 0. The molecular formula is C12H16N4. The third-order valence-corrected chi connectivity index (χ3v) is 2.63.